The van der Waals surface area contributed by atoms with E-state index in [0.717, 1.165) is 18.7 Å². The number of rotatable bonds is 9. The van der Waals surface area contributed by atoms with Gasteiger partial charge in [-0.3, -0.25) is 0 Å². The number of allylic oxidation sites excluding steroid dienone is 1. The second-order valence-electron chi connectivity index (χ2n) is 6.79. The van der Waals surface area contributed by atoms with E-state index in [9.17, 15) is 4.79 Å². The van der Waals surface area contributed by atoms with Crippen LogP contribution in [0.4, 0.5) is 5.82 Å². The smallest absolute Gasteiger partial charge is 0.344 e. The van der Waals surface area contributed by atoms with E-state index in [-0.39, 0.29) is 0 Å². The summed E-state index contributed by atoms with van der Waals surface area (Å²) in [5.41, 5.74) is 3.08. The first-order valence-corrected chi connectivity index (χ1v) is 12.0. The second-order valence-corrected chi connectivity index (χ2v) is 8.53. The summed E-state index contributed by atoms with van der Waals surface area (Å²) in [5, 5.41) is 4.67. The van der Waals surface area contributed by atoms with Crippen LogP contribution in [0, 0.1) is 0 Å². The number of anilines is 1. The van der Waals surface area contributed by atoms with Crippen molar-refractivity contribution in [2.45, 2.75) is 48.0 Å². The Kier molecular flexibility index (Phi) is 8.43. The molecule has 3 rings (SSSR count). The summed E-state index contributed by atoms with van der Waals surface area (Å²) in [6.45, 7) is 0.740. The number of nitrogens with one attached hydrogen (secondary N) is 1. The molecule has 0 amide bonds. The Morgan fingerprint density at radius 3 is 2.72 bits per heavy atom. The molecule has 1 heterocycles. The van der Waals surface area contributed by atoms with Gasteiger partial charge in [-0.1, -0.05) is 53.7 Å². The molecule has 29 heavy (non-hydrogen) atoms. The summed E-state index contributed by atoms with van der Waals surface area (Å²) in [6.07, 6.45) is 10.1. The van der Waals surface area contributed by atoms with Gasteiger partial charge < -0.3 is 10.1 Å². The minimum atomic E-state index is -0.410. The zero-order chi connectivity index (χ0) is 20.5. The highest BCUT2D eigenvalue weighted by atomic mass is 32.2. The minimum Gasteiger partial charge on any atom is -0.465 e. The zero-order valence-corrected chi connectivity index (χ0v) is 18.6. The lowest BCUT2D eigenvalue weighted by atomic mass is 9.97. The van der Waals surface area contributed by atoms with E-state index >= 15 is 0 Å². The van der Waals surface area contributed by atoms with Gasteiger partial charge in [-0.25, -0.2) is 14.8 Å². The topological polar surface area (TPSA) is 64.1 Å². The molecule has 0 saturated heterocycles. The van der Waals surface area contributed by atoms with Crippen molar-refractivity contribution in [3.8, 4) is 0 Å². The van der Waals surface area contributed by atoms with Crippen molar-refractivity contribution in [2.75, 3.05) is 25.2 Å². The van der Waals surface area contributed by atoms with E-state index in [1.54, 1.807) is 0 Å². The summed E-state index contributed by atoms with van der Waals surface area (Å²) in [6, 6.07) is 10.2. The first kappa shape index (κ1) is 21.7. The fourth-order valence-corrected chi connectivity index (χ4v) is 4.62. The van der Waals surface area contributed by atoms with Gasteiger partial charge in [0.1, 0.15) is 16.4 Å². The number of methoxy groups -OCH3 is 1. The van der Waals surface area contributed by atoms with Crippen molar-refractivity contribution in [3.05, 3.63) is 53.1 Å². The number of thioether (sulfide) groups is 2. The monoisotopic (exact) mass is 429 g/mol. The molecule has 0 aliphatic heterocycles. The molecule has 0 spiro atoms. The van der Waals surface area contributed by atoms with Gasteiger partial charge in [-0.15, -0.1) is 11.8 Å². The molecule has 1 aliphatic carbocycles. The number of nitrogens with zero attached hydrogens (tertiary/aromatic N) is 2. The molecule has 7 heteroatoms. The molecule has 0 bridgehead atoms. The first-order chi connectivity index (χ1) is 14.2. The number of esters is 1. The molecule has 1 N–H and O–H groups in total. The number of hydrogen-bond acceptors (Lipinski definition) is 7. The standard InChI is InChI=1S/C22H27N3O2S2/c1-27-21(26)18-19(23-14-13-16-9-5-3-6-10-16)24-22(28-2)25-20(18)29-15-17-11-7-4-8-12-17/h4,7-9,11-12H,3,5-6,10,13-15H2,1-2H3,(H,23,24,25). The quantitative estimate of drug-likeness (QED) is 0.183. The lowest BCUT2D eigenvalue weighted by Gasteiger charge is -2.16. The molecule has 1 aromatic carbocycles. The van der Waals surface area contributed by atoms with Crippen LogP contribution >= 0.6 is 23.5 Å². The Balaban J connectivity index is 1.80. The van der Waals surface area contributed by atoms with Crippen molar-refractivity contribution >= 4 is 35.3 Å². The van der Waals surface area contributed by atoms with E-state index < -0.39 is 5.97 Å². The highest BCUT2D eigenvalue weighted by Gasteiger charge is 2.22. The van der Waals surface area contributed by atoms with Crippen LogP contribution in [0.1, 0.15) is 48.0 Å². The molecule has 1 aromatic heterocycles. The third-order valence-corrected chi connectivity index (χ3v) is 6.36. The third kappa shape index (κ3) is 6.24. The maximum atomic E-state index is 12.6. The van der Waals surface area contributed by atoms with Crippen LogP contribution in [0.5, 0.6) is 0 Å². The fraction of sp³-hybridized carbons (Fsp3) is 0.409. The average Bonchev–Trinajstić information content (AvgIpc) is 2.78. The summed E-state index contributed by atoms with van der Waals surface area (Å²) >= 11 is 3.00. The van der Waals surface area contributed by atoms with Gasteiger partial charge in [0, 0.05) is 12.3 Å². The van der Waals surface area contributed by atoms with Crippen LogP contribution in [0.2, 0.25) is 0 Å². The van der Waals surface area contributed by atoms with Gasteiger partial charge in [0.15, 0.2) is 5.16 Å². The van der Waals surface area contributed by atoms with E-state index in [0.29, 0.717) is 21.6 Å². The molecule has 0 saturated carbocycles. The fourth-order valence-electron chi connectivity index (χ4n) is 3.23. The number of aromatic nitrogens is 2. The molecule has 154 valence electrons. The van der Waals surface area contributed by atoms with Gasteiger partial charge in [-0.2, -0.15) is 0 Å². The molecule has 5 nitrogen and oxygen atoms in total. The van der Waals surface area contributed by atoms with E-state index in [1.807, 2.05) is 24.5 Å². The number of benzene rings is 1. The van der Waals surface area contributed by atoms with Crippen molar-refractivity contribution in [2.24, 2.45) is 0 Å². The van der Waals surface area contributed by atoms with E-state index in [2.05, 4.69) is 33.5 Å². The highest BCUT2D eigenvalue weighted by molar-refractivity contribution is 7.99. The van der Waals surface area contributed by atoms with Gasteiger partial charge in [0.2, 0.25) is 0 Å². The summed E-state index contributed by atoms with van der Waals surface area (Å²) in [4.78, 5) is 21.7. The number of carbonyl (C=O) groups is 1. The second kappa shape index (κ2) is 11.3. The van der Waals surface area contributed by atoms with Crippen molar-refractivity contribution in [1.29, 1.82) is 0 Å². The lowest BCUT2D eigenvalue weighted by Crippen LogP contribution is -2.15. The first-order valence-electron chi connectivity index (χ1n) is 9.84. The highest BCUT2D eigenvalue weighted by Crippen LogP contribution is 2.31. The van der Waals surface area contributed by atoms with Crippen LogP contribution in [0.15, 0.2) is 52.2 Å². The van der Waals surface area contributed by atoms with Crippen molar-refractivity contribution in [3.63, 3.8) is 0 Å². The van der Waals surface area contributed by atoms with Crippen LogP contribution in [-0.4, -0.2) is 35.8 Å². The molecule has 0 atom stereocenters. The normalized spacial score (nSPS) is 13.7. The van der Waals surface area contributed by atoms with Gasteiger partial charge in [-0.05, 0) is 43.9 Å². The Morgan fingerprint density at radius 2 is 2.03 bits per heavy atom. The summed E-state index contributed by atoms with van der Waals surface area (Å²) < 4.78 is 5.05. The molecule has 0 fully saturated rings. The van der Waals surface area contributed by atoms with Gasteiger partial charge in [0.05, 0.1) is 7.11 Å². The molecule has 1 aliphatic rings. The Hall–Kier alpha value is -1.99. The van der Waals surface area contributed by atoms with Crippen molar-refractivity contribution in [1.82, 2.24) is 9.97 Å². The molecule has 0 unspecified atom stereocenters. The van der Waals surface area contributed by atoms with E-state index in [4.69, 9.17) is 4.74 Å². The predicted molar refractivity (Wildman–Crippen MR) is 121 cm³/mol. The minimum absolute atomic E-state index is 0.410. The zero-order valence-electron chi connectivity index (χ0n) is 16.9. The number of carbonyl (C=O) groups excluding carboxylic acids is 1. The van der Waals surface area contributed by atoms with Crippen LogP contribution < -0.4 is 5.32 Å². The predicted octanol–water partition coefficient (Wildman–Crippen LogP) is 5.58. The summed E-state index contributed by atoms with van der Waals surface area (Å²) in [5.74, 6) is 0.873. The Morgan fingerprint density at radius 1 is 1.21 bits per heavy atom. The van der Waals surface area contributed by atoms with Crippen LogP contribution in [0.25, 0.3) is 0 Å². The SMILES string of the molecule is COC(=O)c1c(NCCC2=CCCCC2)nc(SC)nc1SCc1ccccc1. The molecule has 0 radical (unpaired) electrons. The third-order valence-electron chi connectivity index (χ3n) is 4.77. The summed E-state index contributed by atoms with van der Waals surface area (Å²) in [7, 11) is 1.40. The average molecular weight is 430 g/mol. The van der Waals surface area contributed by atoms with E-state index in [1.165, 1.54) is 67.5 Å². The molecular formula is C22H27N3O2S2. The van der Waals surface area contributed by atoms with Crippen molar-refractivity contribution < 1.29 is 9.53 Å². The number of hydrogen-bond donors (Lipinski definition) is 1. The Bertz CT molecular complexity index is 857. The maximum absolute atomic E-state index is 12.6. The largest absolute Gasteiger partial charge is 0.465 e. The Labute approximate surface area is 181 Å². The van der Waals surface area contributed by atoms with Gasteiger partial charge in [0.25, 0.3) is 0 Å². The molecular weight excluding hydrogens is 402 g/mol. The lowest BCUT2D eigenvalue weighted by molar-refractivity contribution is 0.0596. The maximum Gasteiger partial charge on any atom is 0.344 e. The number of ether oxygens (including phenoxy) is 1. The van der Waals surface area contributed by atoms with Crippen LogP contribution in [-0.2, 0) is 10.5 Å². The molecule has 2 aromatic rings. The van der Waals surface area contributed by atoms with Gasteiger partial charge >= 0.3 is 5.97 Å². The van der Waals surface area contributed by atoms with Crippen LogP contribution in [0.3, 0.4) is 0 Å².